The van der Waals surface area contributed by atoms with Crippen LogP contribution >= 0.6 is 0 Å². The second-order valence-corrected chi connectivity index (χ2v) is 8.13. The summed E-state index contributed by atoms with van der Waals surface area (Å²) < 4.78 is 27.8. The average Bonchev–Trinajstić information content (AvgIpc) is 3.22. The Morgan fingerprint density at radius 3 is 2.52 bits per heavy atom. The van der Waals surface area contributed by atoms with Gasteiger partial charge in [-0.2, -0.15) is 4.31 Å². The molecular formula is C16H26N2O2S. The maximum absolute atomic E-state index is 13.0. The zero-order chi connectivity index (χ0) is 15.6. The average molecular weight is 310 g/mol. The Hall–Kier alpha value is -0.910. The van der Waals surface area contributed by atoms with Gasteiger partial charge < -0.3 is 5.32 Å². The van der Waals surface area contributed by atoms with Crippen LogP contribution in [0.3, 0.4) is 0 Å². The standard InChI is InChI=1S/C16H26N2O2S/c1-12(2)11-18(15-8-9-15)21(19,20)16-7-5-6-14(10-17-4)13(16)3/h5-7,12,15,17H,8-11H2,1-4H3. The molecule has 1 aromatic rings. The smallest absolute Gasteiger partial charge is 0.243 e. The van der Waals surface area contributed by atoms with E-state index >= 15 is 0 Å². The quantitative estimate of drug-likeness (QED) is 0.842. The molecule has 0 saturated heterocycles. The molecule has 0 radical (unpaired) electrons. The molecule has 0 aromatic heterocycles. The molecule has 1 fully saturated rings. The highest BCUT2D eigenvalue weighted by Gasteiger charge is 2.38. The van der Waals surface area contributed by atoms with Crippen LogP contribution in [0.1, 0.15) is 37.8 Å². The summed E-state index contributed by atoms with van der Waals surface area (Å²) in [7, 11) is -1.53. The topological polar surface area (TPSA) is 49.4 Å². The van der Waals surface area contributed by atoms with Crippen LogP contribution in [0.25, 0.3) is 0 Å². The van der Waals surface area contributed by atoms with Gasteiger partial charge in [0.05, 0.1) is 4.90 Å². The molecule has 1 aliphatic rings. The van der Waals surface area contributed by atoms with Crippen LogP contribution in [0, 0.1) is 12.8 Å². The predicted octanol–water partition coefficient (Wildman–Crippen LogP) is 2.52. The Morgan fingerprint density at radius 2 is 2.00 bits per heavy atom. The second kappa shape index (κ2) is 6.46. The lowest BCUT2D eigenvalue weighted by Gasteiger charge is -2.25. The monoisotopic (exact) mass is 310 g/mol. The van der Waals surface area contributed by atoms with Gasteiger partial charge in [0, 0.05) is 19.1 Å². The van der Waals surface area contributed by atoms with Crippen LogP contribution in [0.5, 0.6) is 0 Å². The van der Waals surface area contributed by atoms with Crippen molar-refractivity contribution in [3.8, 4) is 0 Å². The molecule has 21 heavy (non-hydrogen) atoms. The molecule has 1 aromatic carbocycles. The number of benzene rings is 1. The summed E-state index contributed by atoms with van der Waals surface area (Å²) in [6, 6.07) is 5.76. The van der Waals surface area contributed by atoms with E-state index in [9.17, 15) is 8.42 Å². The first-order chi connectivity index (χ1) is 9.87. The molecule has 1 aliphatic carbocycles. The van der Waals surface area contributed by atoms with Crippen molar-refractivity contribution in [1.82, 2.24) is 9.62 Å². The predicted molar refractivity (Wildman–Crippen MR) is 85.7 cm³/mol. The zero-order valence-electron chi connectivity index (χ0n) is 13.4. The molecule has 2 rings (SSSR count). The van der Waals surface area contributed by atoms with Crippen molar-refractivity contribution < 1.29 is 8.42 Å². The highest BCUT2D eigenvalue weighted by atomic mass is 32.2. The molecular weight excluding hydrogens is 284 g/mol. The SMILES string of the molecule is CNCc1cccc(S(=O)(=O)N(CC(C)C)C2CC2)c1C. The van der Waals surface area contributed by atoms with E-state index in [-0.39, 0.29) is 6.04 Å². The van der Waals surface area contributed by atoms with Gasteiger partial charge >= 0.3 is 0 Å². The fraction of sp³-hybridized carbons (Fsp3) is 0.625. The third kappa shape index (κ3) is 3.65. The molecule has 0 amide bonds. The largest absolute Gasteiger partial charge is 0.316 e. The van der Waals surface area contributed by atoms with Gasteiger partial charge in [0.2, 0.25) is 10.0 Å². The Kier molecular flexibility index (Phi) is 5.07. The summed E-state index contributed by atoms with van der Waals surface area (Å²) in [6.07, 6.45) is 1.97. The van der Waals surface area contributed by atoms with E-state index in [1.54, 1.807) is 10.4 Å². The fourth-order valence-corrected chi connectivity index (χ4v) is 4.73. The molecule has 1 N–H and O–H groups in total. The van der Waals surface area contributed by atoms with E-state index in [0.717, 1.165) is 24.0 Å². The third-order valence-corrected chi connectivity index (χ3v) is 5.91. The van der Waals surface area contributed by atoms with Crippen LogP contribution < -0.4 is 5.32 Å². The number of sulfonamides is 1. The molecule has 5 heteroatoms. The molecule has 0 atom stereocenters. The first-order valence-electron chi connectivity index (χ1n) is 7.63. The molecule has 0 heterocycles. The Morgan fingerprint density at radius 1 is 1.33 bits per heavy atom. The lowest BCUT2D eigenvalue weighted by Crippen LogP contribution is -2.36. The molecule has 0 spiro atoms. The zero-order valence-corrected chi connectivity index (χ0v) is 14.2. The summed E-state index contributed by atoms with van der Waals surface area (Å²) in [6.45, 7) is 7.32. The van der Waals surface area contributed by atoms with E-state index in [0.29, 0.717) is 23.9 Å². The van der Waals surface area contributed by atoms with E-state index in [4.69, 9.17) is 0 Å². The molecule has 0 aliphatic heterocycles. The van der Waals surface area contributed by atoms with Crippen LogP contribution in [0.2, 0.25) is 0 Å². The van der Waals surface area contributed by atoms with Gasteiger partial charge in [0.25, 0.3) is 0 Å². The number of hydrogen-bond acceptors (Lipinski definition) is 3. The third-order valence-electron chi connectivity index (χ3n) is 3.85. The van der Waals surface area contributed by atoms with E-state index in [1.165, 1.54) is 0 Å². The molecule has 1 saturated carbocycles. The second-order valence-electron chi connectivity index (χ2n) is 6.27. The minimum absolute atomic E-state index is 0.199. The van der Waals surface area contributed by atoms with Crippen LogP contribution in [0.4, 0.5) is 0 Å². The highest BCUT2D eigenvalue weighted by Crippen LogP contribution is 2.34. The summed E-state index contributed by atoms with van der Waals surface area (Å²) in [5, 5.41) is 3.09. The van der Waals surface area contributed by atoms with E-state index in [1.807, 2.05) is 26.1 Å². The maximum atomic E-state index is 13.0. The fourth-order valence-electron chi connectivity index (χ4n) is 2.61. The normalized spacial score (nSPS) is 15.9. The van der Waals surface area contributed by atoms with Crippen molar-refractivity contribution >= 4 is 10.0 Å². The van der Waals surface area contributed by atoms with Gasteiger partial charge in [-0.05, 0) is 49.9 Å². The summed E-state index contributed by atoms with van der Waals surface area (Å²) >= 11 is 0. The number of nitrogens with zero attached hydrogens (tertiary/aromatic N) is 1. The molecule has 0 bridgehead atoms. The van der Waals surface area contributed by atoms with Gasteiger partial charge in [-0.1, -0.05) is 26.0 Å². The van der Waals surface area contributed by atoms with Crippen molar-refractivity contribution in [2.24, 2.45) is 5.92 Å². The van der Waals surface area contributed by atoms with Gasteiger partial charge in [-0.3, -0.25) is 0 Å². The minimum Gasteiger partial charge on any atom is -0.316 e. The Bertz CT molecular complexity index is 592. The number of rotatable bonds is 7. The molecule has 0 unspecified atom stereocenters. The molecule has 118 valence electrons. The lowest BCUT2D eigenvalue weighted by atomic mass is 10.1. The van der Waals surface area contributed by atoms with Gasteiger partial charge in [0.1, 0.15) is 0 Å². The highest BCUT2D eigenvalue weighted by molar-refractivity contribution is 7.89. The van der Waals surface area contributed by atoms with Crippen molar-refractivity contribution in [3.05, 3.63) is 29.3 Å². The van der Waals surface area contributed by atoms with Crippen LogP contribution in [0.15, 0.2) is 23.1 Å². The first-order valence-corrected chi connectivity index (χ1v) is 9.07. The lowest BCUT2D eigenvalue weighted by molar-refractivity contribution is 0.360. The van der Waals surface area contributed by atoms with Gasteiger partial charge in [0.15, 0.2) is 0 Å². The van der Waals surface area contributed by atoms with E-state index in [2.05, 4.69) is 19.2 Å². The number of hydrogen-bond donors (Lipinski definition) is 1. The Balaban J connectivity index is 2.40. The van der Waals surface area contributed by atoms with Crippen molar-refractivity contribution in [1.29, 1.82) is 0 Å². The minimum atomic E-state index is -3.40. The Labute approximate surface area is 128 Å². The first kappa shape index (κ1) is 16.5. The van der Waals surface area contributed by atoms with Crippen molar-refractivity contribution in [2.75, 3.05) is 13.6 Å². The number of nitrogens with one attached hydrogen (secondary N) is 1. The molecule has 4 nitrogen and oxygen atoms in total. The maximum Gasteiger partial charge on any atom is 0.243 e. The van der Waals surface area contributed by atoms with Crippen LogP contribution in [-0.4, -0.2) is 32.4 Å². The van der Waals surface area contributed by atoms with Crippen LogP contribution in [-0.2, 0) is 16.6 Å². The van der Waals surface area contributed by atoms with Gasteiger partial charge in [-0.25, -0.2) is 8.42 Å². The van der Waals surface area contributed by atoms with Gasteiger partial charge in [-0.15, -0.1) is 0 Å². The summed E-state index contributed by atoms with van der Waals surface area (Å²) in [5.74, 6) is 0.334. The van der Waals surface area contributed by atoms with Crippen molar-refractivity contribution in [2.45, 2.75) is 51.1 Å². The van der Waals surface area contributed by atoms with Crippen molar-refractivity contribution in [3.63, 3.8) is 0 Å². The summed E-state index contributed by atoms with van der Waals surface area (Å²) in [4.78, 5) is 0.461. The summed E-state index contributed by atoms with van der Waals surface area (Å²) in [5.41, 5.74) is 1.90. The van der Waals surface area contributed by atoms with E-state index < -0.39 is 10.0 Å².